The predicted octanol–water partition coefficient (Wildman–Crippen LogP) is 2.28. The number of nitrogens with one attached hydrogen (secondary N) is 2. The van der Waals surface area contributed by atoms with Crippen LogP contribution in [0.5, 0.6) is 0 Å². The first-order valence-electron chi connectivity index (χ1n) is 6.06. The van der Waals surface area contributed by atoms with E-state index in [4.69, 9.17) is 12.2 Å². The molecule has 0 aromatic heterocycles. The van der Waals surface area contributed by atoms with Gasteiger partial charge in [-0.2, -0.15) is 0 Å². The molecule has 0 heterocycles. The third-order valence-electron chi connectivity index (χ3n) is 3.08. The molecule has 0 bridgehead atoms. The smallest absolute Gasteiger partial charge is 0.171 e. The van der Waals surface area contributed by atoms with E-state index in [9.17, 15) is 5.11 Å². The van der Waals surface area contributed by atoms with Crippen molar-refractivity contribution in [3.63, 3.8) is 0 Å². The zero-order valence-corrected chi connectivity index (χ0v) is 10.5. The van der Waals surface area contributed by atoms with Gasteiger partial charge in [0.2, 0.25) is 0 Å². The Bertz CT molecular complexity index is 369. The van der Waals surface area contributed by atoms with Crippen LogP contribution in [0.1, 0.15) is 25.7 Å². The molecule has 1 aromatic rings. The van der Waals surface area contributed by atoms with Gasteiger partial charge in [0.05, 0.1) is 12.1 Å². The maximum absolute atomic E-state index is 9.83. The third kappa shape index (κ3) is 3.68. The Morgan fingerprint density at radius 1 is 1.18 bits per heavy atom. The molecule has 3 nitrogen and oxygen atoms in total. The van der Waals surface area contributed by atoms with Gasteiger partial charge in [-0.15, -0.1) is 0 Å². The molecule has 1 aliphatic rings. The minimum atomic E-state index is -0.278. The molecule has 1 saturated carbocycles. The van der Waals surface area contributed by atoms with Crippen molar-refractivity contribution in [1.29, 1.82) is 0 Å². The summed E-state index contributed by atoms with van der Waals surface area (Å²) in [5, 5.41) is 16.7. The van der Waals surface area contributed by atoms with Crippen LogP contribution in [-0.2, 0) is 0 Å². The first-order valence-corrected chi connectivity index (χ1v) is 6.47. The largest absolute Gasteiger partial charge is 0.391 e. The monoisotopic (exact) mass is 250 g/mol. The van der Waals surface area contributed by atoms with Crippen molar-refractivity contribution in [1.82, 2.24) is 5.32 Å². The number of aliphatic hydroxyl groups excluding tert-OH is 1. The summed E-state index contributed by atoms with van der Waals surface area (Å²) in [6.45, 7) is 0. The zero-order chi connectivity index (χ0) is 12.1. The fraction of sp³-hybridized carbons (Fsp3) is 0.462. The Morgan fingerprint density at radius 2 is 1.88 bits per heavy atom. The van der Waals surface area contributed by atoms with Crippen LogP contribution in [0.25, 0.3) is 0 Å². The molecule has 1 fully saturated rings. The normalized spacial score (nSPS) is 24.1. The van der Waals surface area contributed by atoms with Gasteiger partial charge in [-0.3, -0.25) is 0 Å². The third-order valence-corrected chi connectivity index (χ3v) is 3.30. The second-order valence-corrected chi connectivity index (χ2v) is 4.83. The van der Waals surface area contributed by atoms with E-state index in [1.54, 1.807) is 0 Å². The quantitative estimate of drug-likeness (QED) is 0.705. The number of para-hydroxylation sites is 1. The Morgan fingerprint density at radius 3 is 2.59 bits per heavy atom. The van der Waals surface area contributed by atoms with Crippen molar-refractivity contribution >= 4 is 23.0 Å². The van der Waals surface area contributed by atoms with Gasteiger partial charge in [-0.25, -0.2) is 0 Å². The van der Waals surface area contributed by atoms with E-state index < -0.39 is 0 Å². The van der Waals surface area contributed by atoms with Gasteiger partial charge in [-0.1, -0.05) is 31.0 Å². The van der Waals surface area contributed by atoms with E-state index >= 15 is 0 Å². The van der Waals surface area contributed by atoms with Crippen LogP contribution in [0.4, 0.5) is 5.69 Å². The highest BCUT2D eigenvalue weighted by atomic mass is 32.1. The van der Waals surface area contributed by atoms with Crippen molar-refractivity contribution in [3.8, 4) is 0 Å². The van der Waals surface area contributed by atoms with Crippen molar-refractivity contribution in [2.45, 2.75) is 37.8 Å². The van der Waals surface area contributed by atoms with Gasteiger partial charge in [-0.05, 0) is 37.2 Å². The highest BCUT2D eigenvalue weighted by Crippen LogP contribution is 2.18. The first-order chi connectivity index (χ1) is 8.25. The molecule has 0 aliphatic heterocycles. The van der Waals surface area contributed by atoms with E-state index in [1.807, 2.05) is 30.3 Å². The summed E-state index contributed by atoms with van der Waals surface area (Å²) in [6.07, 6.45) is 3.84. The number of hydrogen-bond donors (Lipinski definition) is 3. The maximum Gasteiger partial charge on any atom is 0.171 e. The summed E-state index contributed by atoms with van der Waals surface area (Å²) >= 11 is 5.24. The minimum absolute atomic E-state index is 0.0902. The molecule has 1 aromatic carbocycles. The second kappa shape index (κ2) is 5.98. The highest BCUT2D eigenvalue weighted by molar-refractivity contribution is 7.80. The number of anilines is 1. The molecule has 2 rings (SSSR count). The maximum atomic E-state index is 9.83. The van der Waals surface area contributed by atoms with Crippen molar-refractivity contribution in [2.24, 2.45) is 0 Å². The Balaban J connectivity index is 1.84. The molecule has 0 amide bonds. The lowest BCUT2D eigenvalue weighted by molar-refractivity contribution is 0.100. The van der Waals surface area contributed by atoms with Crippen LogP contribution in [0.3, 0.4) is 0 Å². The van der Waals surface area contributed by atoms with Crippen LogP contribution in [0.2, 0.25) is 0 Å². The minimum Gasteiger partial charge on any atom is -0.391 e. The van der Waals surface area contributed by atoms with E-state index in [2.05, 4.69) is 10.6 Å². The number of benzene rings is 1. The van der Waals surface area contributed by atoms with Crippen LogP contribution in [0, 0.1) is 0 Å². The van der Waals surface area contributed by atoms with E-state index in [0.29, 0.717) is 5.11 Å². The molecule has 0 radical (unpaired) electrons. The first kappa shape index (κ1) is 12.3. The van der Waals surface area contributed by atoms with E-state index in [0.717, 1.165) is 31.4 Å². The number of aliphatic hydroxyl groups is 1. The average molecular weight is 250 g/mol. The standard InChI is InChI=1S/C13H18N2OS/c16-12-9-5-4-8-11(12)15-13(17)14-10-6-2-1-3-7-10/h1-3,6-7,11-12,16H,4-5,8-9H2,(H2,14,15,17)/t11-,12-/m0/s1. The van der Waals surface area contributed by atoms with Gasteiger partial charge >= 0.3 is 0 Å². The van der Waals surface area contributed by atoms with Crippen LogP contribution in [-0.4, -0.2) is 22.4 Å². The van der Waals surface area contributed by atoms with Crippen molar-refractivity contribution in [2.75, 3.05) is 5.32 Å². The molecule has 0 unspecified atom stereocenters. The van der Waals surface area contributed by atoms with Gasteiger partial charge in [0.25, 0.3) is 0 Å². The predicted molar refractivity (Wildman–Crippen MR) is 74.1 cm³/mol. The number of rotatable bonds is 2. The van der Waals surface area contributed by atoms with Crippen molar-refractivity contribution in [3.05, 3.63) is 30.3 Å². The van der Waals surface area contributed by atoms with Gasteiger partial charge < -0.3 is 15.7 Å². The fourth-order valence-corrected chi connectivity index (χ4v) is 2.41. The summed E-state index contributed by atoms with van der Waals surface area (Å²) in [5.74, 6) is 0. The van der Waals surface area contributed by atoms with Crippen LogP contribution in [0.15, 0.2) is 30.3 Å². The summed E-state index contributed by atoms with van der Waals surface area (Å²) in [7, 11) is 0. The average Bonchev–Trinajstić information content (AvgIpc) is 2.33. The lowest BCUT2D eigenvalue weighted by Gasteiger charge is -2.29. The summed E-state index contributed by atoms with van der Waals surface area (Å²) in [6, 6.07) is 9.90. The summed E-state index contributed by atoms with van der Waals surface area (Å²) in [4.78, 5) is 0. The molecule has 0 saturated heterocycles. The van der Waals surface area contributed by atoms with Gasteiger partial charge in [0.15, 0.2) is 5.11 Å². The van der Waals surface area contributed by atoms with E-state index in [1.165, 1.54) is 0 Å². The zero-order valence-electron chi connectivity index (χ0n) is 9.73. The molecule has 4 heteroatoms. The second-order valence-electron chi connectivity index (χ2n) is 4.42. The lowest BCUT2D eigenvalue weighted by Crippen LogP contribution is -2.46. The molecule has 2 atom stereocenters. The molecule has 92 valence electrons. The summed E-state index contributed by atoms with van der Waals surface area (Å²) in [5.41, 5.74) is 0.968. The van der Waals surface area contributed by atoms with Crippen LogP contribution >= 0.6 is 12.2 Å². The molecular formula is C13H18N2OS. The molecule has 1 aliphatic carbocycles. The molecular weight excluding hydrogens is 232 g/mol. The topological polar surface area (TPSA) is 44.3 Å². The molecule has 3 N–H and O–H groups in total. The highest BCUT2D eigenvalue weighted by Gasteiger charge is 2.23. The van der Waals surface area contributed by atoms with Gasteiger partial charge in [0, 0.05) is 5.69 Å². The van der Waals surface area contributed by atoms with Crippen molar-refractivity contribution < 1.29 is 5.11 Å². The SMILES string of the molecule is O[C@H]1CCCC[C@@H]1NC(=S)Nc1ccccc1. The van der Waals surface area contributed by atoms with Crippen LogP contribution < -0.4 is 10.6 Å². The van der Waals surface area contributed by atoms with Gasteiger partial charge in [0.1, 0.15) is 0 Å². The Labute approximate surface area is 107 Å². The number of thiocarbonyl (C=S) groups is 1. The molecule has 0 spiro atoms. The Kier molecular flexibility index (Phi) is 4.34. The fourth-order valence-electron chi connectivity index (χ4n) is 2.14. The summed E-state index contributed by atoms with van der Waals surface area (Å²) < 4.78 is 0. The number of hydrogen-bond acceptors (Lipinski definition) is 2. The van der Waals surface area contributed by atoms with E-state index in [-0.39, 0.29) is 12.1 Å². The lowest BCUT2D eigenvalue weighted by atomic mass is 9.93. The molecule has 17 heavy (non-hydrogen) atoms. The Hall–Kier alpha value is -1.13.